The Hall–Kier alpha value is -3.88. The van der Waals surface area contributed by atoms with Crippen LogP contribution in [0.25, 0.3) is 10.9 Å². The van der Waals surface area contributed by atoms with E-state index in [1.807, 2.05) is 5.32 Å². The van der Waals surface area contributed by atoms with Gasteiger partial charge in [-0.05, 0) is 11.6 Å². The number of aromatic amines is 2. The summed E-state index contributed by atoms with van der Waals surface area (Å²) in [5, 5.41) is 1.99. The fraction of sp³-hybridized carbons (Fsp3) is 0.300. The van der Waals surface area contributed by atoms with Gasteiger partial charge >= 0.3 is 24.3 Å². The largest absolute Gasteiger partial charge is 0.491 e. The van der Waals surface area contributed by atoms with Crippen LogP contribution in [-0.2, 0) is 38.1 Å². The first-order valence-electron chi connectivity index (χ1n) is 9.80. The molecule has 0 saturated heterocycles. The van der Waals surface area contributed by atoms with Crippen molar-refractivity contribution in [3.8, 4) is 0 Å². The average molecular weight is 505 g/mol. The maximum atomic E-state index is 13.6. The minimum Gasteiger partial charge on any atom is -0.385 e. The fourth-order valence-corrected chi connectivity index (χ4v) is 3.28. The number of para-hydroxylation sites is 1. The molecule has 9 nitrogen and oxygen atoms in total. The molecule has 0 saturated carbocycles. The van der Waals surface area contributed by atoms with E-state index in [-0.39, 0.29) is 17.3 Å². The van der Waals surface area contributed by atoms with E-state index in [0.717, 1.165) is 0 Å². The summed E-state index contributed by atoms with van der Waals surface area (Å²) in [4.78, 5) is 44.6. The second-order valence-electron chi connectivity index (χ2n) is 7.38. The van der Waals surface area contributed by atoms with E-state index in [2.05, 4.69) is 19.7 Å². The SMILES string of the molecule is N[C@@H](Cc1cnc[nH]1)C(=O)N[C@@H](Cc1c(C(F)(F)F)[nH]c2ccccc12)C(=O)OC(=O)C(F)(F)F. The van der Waals surface area contributed by atoms with Gasteiger partial charge in [0, 0.05) is 35.6 Å². The standard InChI is InChI=1S/C20H17F6N5O4/c21-19(22,23)15-11(10-3-1-2-4-13(10)30-15)6-14(17(33)35-18(34)20(24,25)26)31-16(32)12(27)5-9-7-28-8-29-9/h1-4,7-8,12,14,30H,5-6,27H2,(H,28,29)(H,31,32)/t12-,14-/m0/s1. The lowest BCUT2D eigenvalue weighted by Gasteiger charge is -2.20. The van der Waals surface area contributed by atoms with Crippen LogP contribution in [0.15, 0.2) is 36.8 Å². The predicted molar refractivity (Wildman–Crippen MR) is 106 cm³/mol. The van der Waals surface area contributed by atoms with E-state index in [0.29, 0.717) is 5.69 Å². The van der Waals surface area contributed by atoms with Gasteiger partial charge in [0.15, 0.2) is 0 Å². The number of nitrogens with one attached hydrogen (secondary N) is 3. The van der Waals surface area contributed by atoms with E-state index in [4.69, 9.17) is 5.73 Å². The van der Waals surface area contributed by atoms with Gasteiger partial charge in [-0.25, -0.2) is 14.6 Å². The van der Waals surface area contributed by atoms with Crippen LogP contribution in [0.5, 0.6) is 0 Å². The maximum absolute atomic E-state index is 13.6. The van der Waals surface area contributed by atoms with E-state index in [1.165, 1.54) is 36.8 Å². The lowest BCUT2D eigenvalue weighted by Crippen LogP contribution is -2.51. The Morgan fingerprint density at radius 3 is 2.37 bits per heavy atom. The fourth-order valence-electron chi connectivity index (χ4n) is 3.28. The molecule has 0 aliphatic heterocycles. The summed E-state index contributed by atoms with van der Waals surface area (Å²) in [6.07, 6.45) is -8.97. The minimum atomic E-state index is -5.56. The molecule has 3 aromatic rings. The average Bonchev–Trinajstić information content (AvgIpc) is 3.40. The van der Waals surface area contributed by atoms with Crippen LogP contribution >= 0.6 is 0 Å². The number of esters is 2. The van der Waals surface area contributed by atoms with Crippen LogP contribution in [0.3, 0.4) is 0 Å². The third-order valence-electron chi connectivity index (χ3n) is 4.86. The highest BCUT2D eigenvalue weighted by molar-refractivity contribution is 5.95. The molecule has 0 spiro atoms. The topological polar surface area (TPSA) is 143 Å². The Morgan fingerprint density at radius 2 is 1.77 bits per heavy atom. The van der Waals surface area contributed by atoms with E-state index < -0.39 is 60.0 Å². The Kier molecular flexibility index (Phi) is 7.19. The van der Waals surface area contributed by atoms with Crippen molar-refractivity contribution in [3.05, 3.63) is 53.7 Å². The summed E-state index contributed by atoms with van der Waals surface area (Å²) in [5.74, 6) is -5.89. The van der Waals surface area contributed by atoms with E-state index in [1.54, 1.807) is 0 Å². The smallest absolute Gasteiger partial charge is 0.385 e. The number of amides is 1. The van der Waals surface area contributed by atoms with Crippen LogP contribution in [0, 0.1) is 0 Å². The minimum absolute atomic E-state index is 0.00391. The maximum Gasteiger partial charge on any atom is 0.491 e. The number of benzene rings is 1. The zero-order valence-corrected chi connectivity index (χ0v) is 17.5. The molecule has 188 valence electrons. The number of fused-ring (bicyclic) bond motifs is 1. The summed E-state index contributed by atoms with van der Waals surface area (Å²) in [5.41, 5.74) is 4.35. The zero-order chi connectivity index (χ0) is 26.0. The molecule has 0 bridgehead atoms. The van der Waals surface area contributed by atoms with Crippen LogP contribution in [0.1, 0.15) is 17.0 Å². The first-order valence-corrected chi connectivity index (χ1v) is 9.80. The van der Waals surface area contributed by atoms with E-state index in [9.17, 15) is 40.7 Å². The van der Waals surface area contributed by atoms with Gasteiger partial charge in [0.1, 0.15) is 11.7 Å². The predicted octanol–water partition coefficient (Wildman–Crippen LogP) is 2.14. The molecule has 0 aliphatic rings. The van der Waals surface area contributed by atoms with Gasteiger partial charge in [-0.2, -0.15) is 26.3 Å². The highest BCUT2D eigenvalue weighted by atomic mass is 19.4. The molecule has 5 N–H and O–H groups in total. The molecule has 2 aromatic heterocycles. The molecule has 1 aromatic carbocycles. The molecule has 2 heterocycles. The Morgan fingerprint density at radius 1 is 1.09 bits per heavy atom. The Labute approximate surface area is 192 Å². The number of ether oxygens (including phenoxy) is 1. The number of aromatic nitrogens is 3. The van der Waals surface area contributed by atoms with Gasteiger partial charge in [-0.15, -0.1) is 0 Å². The molecule has 15 heteroatoms. The lowest BCUT2D eigenvalue weighted by atomic mass is 10.0. The third kappa shape index (κ3) is 6.17. The third-order valence-corrected chi connectivity index (χ3v) is 4.86. The van der Waals surface area contributed by atoms with Crippen LogP contribution < -0.4 is 11.1 Å². The zero-order valence-electron chi connectivity index (χ0n) is 17.5. The molecule has 0 fully saturated rings. The van der Waals surface area contributed by atoms with Crippen molar-refractivity contribution in [2.45, 2.75) is 37.3 Å². The van der Waals surface area contributed by atoms with Gasteiger partial charge in [0.05, 0.1) is 12.4 Å². The molecule has 0 radical (unpaired) electrons. The number of hydrogen-bond acceptors (Lipinski definition) is 6. The molecule has 1 amide bonds. The summed E-state index contributed by atoms with van der Waals surface area (Å²) in [7, 11) is 0. The highest BCUT2D eigenvalue weighted by Crippen LogP contribution is 2.36. The van der Waals surface area contributed by atoms with Gasteiger partial charge < -0.3 is 25.8 Å². The van der Waals surface area contributed by atoms with Crippen molar-refractivity contribution in [1.29, 1.82) is 0 Å². The number of carbonyl (C=O) groups excluding carboxylic acids is 3. The van der Waals surface area contributed by atoms with Gasteiger partial charge in [0.25, 0.3) is 0 Å². The van der Waals surface area contributed by atoms with Crippen molar-refractivity contribution in [2.75, 3.05) is 0 Å². The highest BCUT2D eigenvalue weighted by Gasteiger charge is 2.44. The van der Waals surface area contributed by atoms with Crippen LogP contribution in [0.4, 0.5) is 26.3 Å². The number of imidazole rings is 1. The monoisotopic (exact) mass is 505 g/mol. The first kappa shape index (κ1) is 25.7. The molecular formula is C20H17F6N5O4. The molecule has 3 rings (SSSR count). The van der Waals surface area contributed by atoms with Crippen molar-refractivity contribution < 1.29 is 45.5 Å². The van der Waals surface area contributed by atoms with Crippen molar-refractivity contribution in [1.82, 2.24) is 20.3 Å². The number of alkyl halides is 6. The van der Waals surface area contributed by atoms with Crippen LogP contribution in [-0.4, -0.2) is 51.1 Å². The molecule has 35 heavy (non-hydrogen) atoms. The molecule has 0 aliphatic carbocycles. The first-order chi connectivity index (χ1) is 16.3. The normalized spacial score (nSPS) is 13.9. The number of H-pyrrole nitrogens is 2. The second kappa shape index (κ2) is 9.77. The quantitative estimate of drug-likeness (QED) is 0.220. The Bertz CT molecular complexity index is 1220. The summed E-state index contributed by atoms with van der Waals surface area (Å²) in [6, 6.07) is 1.96. The Balaban J connectivity index is 1.93. The number of nitrogens with zero attached hydrogens (tertiary/aromatic N) is 1. The van der Waals surface area contributed by atoms with Gasteiger partial charge in [-0.1, -0.05) is 18.2 Å². The number of nitrogens with two attached hydrogens (primary N) is 1. The second-order valence-corrected chi connectivity index (χ2v) is 7.38. The van der Waals surface area contributed by atoms with Gasteiger partial charge in [-0.3, -0.25) is 4.79 Å². The molecule has 0 unspecified atom stereocenters. The van der Waals surface area contributed by atoms with E-state index >= 15 is 0 Å². The number of hydrogen-bond donors (Lipinski definition) is 4. The van der Waals surface area contributed by atoms with Crippen molar-refractivity contribution >= 4 is 28.7 Å². The summed E-state index contributed by atoms with van der Waals surface area (Å²) < 4.78 is 82.5. The summed E-state index contributed by atoms with van der Waals surface area (Å²) >= 11 is 0. The molecule has 2 atom stereocenters. The number of rotatable bonds is 7. The van der Waals surface area contributed by atoms with Crippen molar-refractivity contribution in [3.63, 3.8) is 0 Å². The summed E-state index contributed by atoms with van der Waals surface area (Å²) in [6.45, 7) is 0. The van der Waals surface area contributed by atoms with Crippen molar-refractivity contribution in [2.24, 2.45) is 5.73 Å². The number of carbonyl (C=O) groups is 3. The molecular weight excluding hydrogens is 488 g/mol. The van der Waals surface area contributed by atoms with Gasteiger partial charge in [0.2, 0.25) is 5.91 Å². The van der Waals surface area contributed by atoms with Crippen LogP contribution in [0.2, 0.25) is 0 Å². The lowest BCUT2D eigenvalue weighted by molar-refractivity contribution is -0.202. The number of halogens is 6.